The van der Waals surface area contributed by atoms with Crippen LogP contribution in [0, 0.1) is 43.4 Å². The fourth-order valence-corrected chi connectivity index (χ4v) is 5.73. The van der Waals surface area contributed by atoms with Crippen LogP contribution in [0.15, 0.2) is 35.9 Å². The average Bonchev–Trinajstić information content (AvgIpc) is 3.28. The van der Waals surface area contributed by atoms with Crippen molar-refractivity contribution in [1.29, 1.82) is 10.5 Å². The molecular weight excluding hydrogens is 416 g/mol. The first-order valence-electron chi connectivity index (χ1n) is 10.7. The molecule has 32 heavy (non-hydrogen) atoms. The molecule has 0 aliphatic heterocycles. The lowest BCUT2D eigenvalue weighted by Gasteiger charge is -2.10. The van der Waals surface area contributed by atoms with Crippen LogP contribution in [0.1, 0.15) is 51.4 Å². The monoisotopic (exact) mass is 440 g/mol. The topological polar surface area (TPSA) is 81.6 Å². The van der Waals surface area contributed by atoms with Crippen LogP contribution in [0.4, 0.5) is 5.69 Å². The molecule has 1 aliphatic carbocycles. The third-order valence-corrected chi connectivity index (χ3v) is 7.27. The molecule has 0 bridgehead atoms. The van der Waals surface area contributed by atoms with E-state index in [0.29, 0.717) is 5.69 Å². The Labute approximate surface area is 192 Å². The van der Waals surface area contributed by atoms with Gasteiger partial charge in [-0.05, 0) is 81.4 Å². The van der Waals surface area contributed by atoms with Gasteiger partial charge >= 0.3 is 0 Å². The summed E-state index contributed by atoms with van der Waals surface area (Å²) in [6, 6.07) is 13.9. The molecule has 1 amide bonds. The van der Waals surface area contributed by atoms with E-state index in [1.54, 1.807) is 17.4 Å². The van der Waals surface area contributed by atoms with Gasteiger partial charge in [-0.1, -0.05) is 18.2 Å². The Hall–Kier alpha value is -3.61. The smallest absolute Gasteiger partial charge is 0.266 e. The Kier molecular flexibility index (Phi) is 5.99. The van der Waals surface area contributed by atoms with Gasteiger partial charge in [-0.25, -0.2) is 0 Å². The van der Waals surface area contributed by atoms with E-state index >= 15 is 0 Å². The van der Waals surface area contributed by atoms with Gasteiger partial charge < -0.3 is 9.88 Å². The zero-order valence-corrected chi connectivity index (χ0v) is 19.3. The maximum atomic E-state index is 12.8. The summed E-state index contributed by atoms with van der Waals surface area (Å²) < 4.78 is 2.08. The van der Waals surface area contributed by atoms with Crippen LogP contribution in [-0.4, -0.2) is 10.5 Å². The highest BCUT2D eigenvalue weighted by molar-refractivity contribution is 7.15. The molecule has 2 heterocycles. The molecule has 6 heteroatoms. The predicted molar refractivity (Wildman–Crippen MR) is 128 cm³/mol. The van der Waals surface area contributed by atoms with Crippen molar-refractivity contribution in [3.63, 3.8) is 0 Å². The third-order valence-electron chi connectivity index (χ3n) is 6.00. The number of nitriles is 2. The average molecular weight is 441 g/mol. The Morgan fingerprint density at radius 3 is 2.62 bits per heavy atom. The van der Waals surface area contributed by atoms with Gasteiger partial charge in [0, 0.05) is 22.0 Å². The largest absolute Gasteiger partial charge is 0.321 e. The third kappa shape index (κ3) is 3.86. The summed E-state index contributed by atoms with van der Waals surface area (Å²) in [6.07, 6.45) is 5.90. The highest BCUT2D eigenvalue weighted by atomic mass is 32.1. The number of carbonyl (C=O) groups excluding carboxylic acids is 1. The van der Waals surface area contributed by atoms with E-state index in [-0.39, 0.29) is 5.57 Å². The molecule has 1 N–H and O–H groups in total. The van der Waals surface area contributed by atoms with Crippen LogP contribution in [0.2, 0.25) is 0 Å². The van der Waals surface area contributed by atoms with E-state index in [1.165, 1.54) is 10.4 Å². The first-order valence-corrected chi connectivity index (χ1v) is 11.5. The van der Waals surface area contributed by atoms with Crippen LogP contribution < -0.4 is 5.32 Å². The number of amides is 1. The molecule has 0 radical (unpaired) electrons. The molecule has 1 aliphatic rings. The predicted octanol–water partition coefficient (Wildman–Crippen LogP) is 5.76. The summed E-state index contributed by atoms with van der Waals surface area (Å²) in [5.41, 5.74) is 6.30. The maximum Gasteiger partial charge on any atom is 0.266 e. The van der Waals surface area contributed by atoms with Crippen molar-refractivity contribution in [3.05, 3.63) is 74.4 Å². The lowest BCUT2D eigenvalue weighted by atomic mass is 9.96. The maximum absolute atomic E-state index is 12.8. The van der Waals surface area contributed by atoms with Crippen molar-refractivity contribution in [3.8, 4) is 17.1 Å². The number of nitrogens with zero attached hydrogens (tertiary/aromatic N) is 3. The lowest BCUT2D eigenvalue weighted by molar-refractivity contribution is -0.112. The van der Waals surface area contributed by atoms with Gasteiger partial charge in [0.15, 0.2) is 0 Å². The quantitative estimate of drug-likeness (QED) is 0.414. The number of anilines is 1. The van der Waals surface area contributed by atoms with Gasteiger partial charge in [-0.2, -0.15) is 10.5 Å². The molecule has 0 saturated carbocycles. The molecule has 0 saturated heterocycles. The number of hydrogen-bond donors (Lipinski definition) is 1. The number of carbonyl (C=O) groups is 1. The van der Waals surface area contributed by atoms with Gasteiger partial charge in [-0.15, -0.1) is 11.3 Å². The van der Waals surface area contributed by atoms with Gasteiger partial charge in [0.05, 0.1) is 5.56 Å². The van der Waals surface area contributed by atoms with E-state index in [9.17, 15) is 15.3 Å². The zero-order valence-electron chi connectivity index (χ0n) is 18.5. The SMILES string of the molecule is Cc1ccccc1NC(=O)/C(C#N)=C/c1cc(C)n(-c2sc3c(c2C#N)CCCC3)c1C. The normalized spacial score (nSPS) is 13.2. The Morgan fingerprint density at radius 1 is 1.16 bits per heavy atom. The molecule has 0 fully saturated rings. The summed E-state index contributed by atoms with van der Waals surface area (Å²) in [4.78, 5) is 14.1. The lowest BCUT2D eigenvalue weighted by Crippen LogP contribution is -2.14. The fourth-order valence-electron chi connectivity index (χ4n) is 4.28. The summed E-state index contributed by atoms with van der Waals surface area (Å²) in [5.74, 6) is -0.434. The first-order chi connectivity index (χ1) is 15.4. The number of benzene rings is 1. The minimum atomic E-state index is -0.434. The fraction of sp³-hybridized carbons (Fsp3) is 0.269. The van der Waals surface area contributed by atoms with Crippen molar-refractivity contribution >= 4 is 29.0 Å². The Balaban J connectivity index is 1.72. The van der Waals surface area contributed by atoms with E-state index in [1.807, 2.05) is 57.2 Å². The molecule has 0 spiro atoms. The van der Waals surface area contributed by atoms with E-state index in [2.05, 4.69) is 16.0 Å². The summed E-state index contributed by atoms with van der Waals surface area (Å²) >= 11 is 1.69. The standard InChI is InChI=1S/C26H24N4OS/c1-16-8-4-6-10-23(16)29-25(31)20(14-27)13-19-12-17(2)30(18(19)3)26-22(15-28)21-9-5-7-11-24(21)32-26/h4,6,8,10,12-13H,5,7,9,11H2,1-3H3,(H,29,31)/b20-13+. The Bertz CT molecular complexity index is 1330. The molecule has 0 unspecified atom stereocenters. The number of aromatic nitrogens is 1. The van der Waals surface area contributed by atoms with Crippen LogP contribution in [0.3, 0.4) is 0 Å². The second-order valence-electron chi connectivity index (χ2n) is 8.10. The minimum Gasteiger partial charge on any atom is -0.321 e. The molecule has 5 nitrogen and oxygen atoms in total. The first kappa shape index (κ1) is 21.6. The number of nitrogens with one attached hydrogen (secondary N) is 1. The van der Waals surface area contributed by atoms with E-state index in [4.69, 9.17) is 0 Å². The van der Waals surface area contributed by atoms with Crippen molar-refractivity contribution in [2.24, 2.45) is 0 Å². The van der Waals surface area contributed by atoms with Crippen molar-refractivity contribution in [2.45, 2.75) is 46.5 Å². The zero-order chi connectivity index (χ0) is 22.8. The van der Waals surface area contributed by atoms with Crippen LogP contribution in [0.25, 0.3) is 11.1 Å². The highest BCUT2D eigenvalue weighted by Gasteiger charge is 2.24. The molecule has 3 aromatic rings. The van der Waals surface area contributed by atoms with Gasteiger partial charge in [0.1, 0.15) is 22.7 Å². The second-order valence-corrected chi connectivity index (χ2v) is 9.19. The number of hydrogen-bond acceptors (Lipinski definition) is 4. The van der Waals surface area contributed by atoms with Crippen molar-refractivity contribution in [2.75, 3.05) is 5.32 Å². The molecule has 4 rings (SSSR count). The minimum absolute atomic E-state index is 0.0412. The van der Waals surface area contributed by atoms with Crippen molar-refractivity contribution < 1.29 is 4.79 Å². The molecule has 160 valence electrons. The van der Waals surface area contributed by atoms with Gasteiger partial charge in [0.25, 0.3) is 5.91 Å². The number of aryl methyl sites for hydroxylation is 3. The number of thiophene rings is 1. The van der Waals surface area contributed by atoms with Crippen molar-refractivity contribution in [1.82, 2.24) is 4.57 Å². The van der Waals surface area contributed by atoms with Gasteiger partial charge in [-0.3, -0.25) is 4.79 Å². The van der Waals surface area contributed by atoms with E-state index in [0.717, 1.165) is 58.8 Å². The van der Waals surface area contributed by atoms with Crippen LogP contribution >= 0.6 is 11.3 Å². The molecular formula is C26H24N4OS. The summed E-state index contributed by atoms with van der Waals surface area (Å²) in [7, 11) is 0. The van der Waals surface area contributed by atoms with Crippen LogP contribution in [-0.2, 0) is 17.6 Å². The van der Waals surface area contributed by atoms with Gasteiger partial charge in [0.2, 0.25) is 0 Å². The summed E-state index contributed by atoms with van der Waals surface area (Å²) in [6.45, 7) is 5.86. The summed E-state index contributed by atoms with van der Waals surface area (Å²) in [5, 5.41) is 23.3. The molecule has 1 aromatic carbocycles. The number of rotatable bonds is 4. The number of fused-ring (bicyclic) bond motifs is 1. The highest BCUT2D eigenvalue weighted by Crippen LogP contribution is 2.38. The molecule has 2 aromatic heterocycles. The number of para-hydroxylation sites is 1. The molecule has 0 atom stereocenters. The Morgan fingerprint density at radius 2 is 1.91 bits per heavy atom. The van der Waals surface area contributed by atoms with Crippen LogP contribution in [0.5, 0.6) is 0 Å². The second kappa shape index (κ2) is 8.86. The van der Waals surface area contributed by atoms with E-state index < -0.39 is 5.91 Å².